The molecule has 1 aromatic rings. The number of alkyl halides is 3. The smallest absolute Gasteiger partial charge is 0.375 e. The van der Waals surface area contributed by atoms with Crippen LogP contribution in [0.15, 0.2) is 18.2 Å². The van der Waals surface area contributed by atoms with Gasteiger partial charge in [0, 0.05) is 5.02 Å². The Morgan fingerprint density at radius 1 is 1.31 bits per heavy atom. The highest BCUT2D eigenvalue weighted by molar-refractivity contribution is 14.1. The van der Waals surface area contributed by atoms with Crippen molar-refractivity contribution in [3.8, 4) is 5.75 Å². The number of hydrogen-bond donors (Lipinski definition) is 0. The van der Waals surface area contributed by atoms with Gasteiger partial charge in [0.2, 0.25) is 0 Å². The lowest BCUT2D eigenvalue weighted by molar-refractivity contribution is -0.0500. The standard InChI is InChI=1S/C7H3ClF3IO3S/c8-4-1-2-6(5(12)3-4)15-16(13,14)7(9,10)11/h1-3H. The van der Waals surface area contributed by atoms with Crippen molar-refractivity contribution in [2.24, 2.45) is 0 Å². The van der Waals surface area contributed by atoms with Gasteiger partial charge in [0.1, 0.15) is 0 Å². The highest BCUT2D eigenvalue weighted by atomic mass is 127. The Labute approximate surface area is 108 Å². The van der Waals surface area contributed by atoms with Gasteiger partial charge in [-0.3, -0.25) is 0 Å². The van der Waals surface area contributed by atoms with Gasteiger partial charge in [-0.05, 0) is 40.8 Å². The Morgan fingerprint density at radius 3 is 2.31 bits per heavy atom. The molecular weight excluding hydrogens is 383 g/mol. The van der Waals surface area contributed by atoms with Gasteiger partial charge in [-0.2, -0.15) is 21.6 Å². The molecular formula is C7H3ClF3IO3S. The first-order valence-electron chi connectivity index (χ1n) is 3.59. The summed E-state index contributed by atoms with van der Waals surface area (Å²) < 4.78 is 61.4. The normalized spacial score (nSPS) is 12.6. The van der Waals surface area contributed by atoms with Crippen LogP contribution in [0.3, 0.4) is 0 Å². The summed E-state index contributed by atoms with van der Waals surface area (Å²) in [6.07, 6.45) is 0. The molecule has 1 aromatic carbocycles. The minimum absolute atomic E-state index is 0.165. The van der Waals surface area contributed by atoms with Crippen molar-refractivity contribution in [2.45, 2.75) is 5.51 Å². The van der Waals surface area contributed by atoms with Crippen LogP contribution in [0.4, 0.5) is 13.2 Å². The monoisotopic (exact) mass is 386 g/mol. The molecule has 0 radical (unpaired) electrons. The second kappa shape index (κ2) is 4.57. The number of rotatable bonds is 2. The SMILES string of the molecule is O=S(=O)(Oc1ccc(Cl)cc1I)C(F)(F)F. The first-order chi connectivity index (χ1) is 7.13. The number of halogens is 5. The van der Waals surface area contributed by atoms with Crippen LogP contribution in [0.25, 0.3) is 0 Å². The maximum absolute atomic E-state index is 12.0. The lowest BCUT2D eigenvalue weighted by Crippen LogP contribution is -2.28. The average molecular weight is 387 g/mol. The second-order valence-corrected chi connectivity index (χ2v) is 5.69. The van der Waals surface area contributed by atoms with E-state index >= 15 is 0 Å². The molecule has 9 heteroatoms. The van der Waals surface area contributed by atoms with E-state index in [1.807, 2.05) is 0 Å². The first kappa shape index (κ1) is 13.8. The number of benzene rings is 1. The molecule has 0 saturated heterocycles. The van der Waals surface area contributed by atoms with Crippen molar-refractivity contribution in [1.82, 2.24) is 0 Å². The summed E-state index contributed by atoms with van der Waals surface area (Å²) in [6.45, 7) is 0. The van der Waals surface area contributed by atoms with E-state index in [0.717, 1.165) is 6.07 Å². The summed E-state index contributed by atoms with van der Waals surface area (Å²) in [5, 5.41) is 0.265. The molecule has 16 heavy (non-hydrogen) atoms. The third-order valence-corrected chi connectivity index (χ3v) is 3.42. The van der Waals surface area contributed by atoms with Crippen molar-refractivity contribution in [3.05, 3.63) is 26.8 Å². The topological polar surface area (TPSA) is 43.4 Å². The van der Waals surface area contributed by atoms with Crippen molar-refractivity contribution in [3.63, 3.8) is 0 Å². The molecule has 0 atom stereocenters. The van der Waals surface area contributed by atoms with E-state index in [0.29, 0.717) is 0 Å². The minimum Gasteiger partial charge on any atom is -0.375 e. The van der Waals surface area contributed by atoms with Crippen molar-refractivity contribution >= 4 is 44.3 Å². The zero-order chi connectivity index (χ0) is 12.6. The first-order valence-corrected chi connectivity index (χ1v) is 6.46. The van der Waals surface area contributed by atoms with E-state index in [1.165, 1.54) is 12.1 Å². The van der Waals surface area contributed by atoms with Crippen molar-refractivity contribution in [2.75, 3.05) is 0 Å². The Morgan fingerprint density at radius 2 is 1.88 bits per heavy atom. The molecule has 0 saturated carbocycles. The van der Waals surface area contributed by atoms with Crippen LogP contribution >= 0.6 is 34.2 Å². The van der Waals surface area contributed by atoms with Crippen LogP contribution in [0.5, 0.6) is 5.75 Å². The second-order valence-electron chi connectivity index (χ2n) is 2.56. The molecule has 1 rings (SSSR count). The Kier molecular flexibility index (Phi) is 3.95. The van der Waals surface area contributed by atoms with Crippen LogP contribution in [0, 0.1) is 3.57 Å². The van der Waals surface area contributed by atoms with Gasteiger partial charge in [-0.1, -0.05) is 11.6 Å². The Balaban J connectivity index is 3.07. The van der Waals surface area contributed by atoms with Gasteiger partial charge in [0.05, 0.1) is 3.57 Å². The third-order valence-electron chi connectivity index (χ3n) is 1.38. The Hall–Kier alpha value is -0.220. The molecule has 3 nitrogen and oxygen atoms in total. The van der Waals surface area contributed by atoms with Crippen LogP contribution in [-0.4, -0.2) is 13.9 Å². The summed E-state index contributed by atoms with van der Waals surface area (Å²) in [7, 11) is -5.63. The molecule has 0 N–H and O–H groups in total. The quantitative estimate of drug-likeness (QED) is 0.445. The summed E-state index contributed by atoms with van der Waals surface area (Å²) in [6, 6.07) is 3.56. The summed E-state index contributed by atoms with van der Waals surface area (Å²) in [5.74, 6) is -0.415. The maximum Gasteiger partial charge on any atom is 0.534 e. The van der Waals surface area contributed by atoms with Gasteiger partial charge in [-0.25, -0.2) is 0 Å². The predicted octanol–water partition coefficient (Wildman–Crippen LogP) is 3.17. The van der Waals surface area contributed by atoms with E-state index in [-0.39, 0.29) is 8.59 Å². The average Bonchev–Trinajstić information content (AvgIpc) is 2.08. The van der Waals surface area contributed by atoms with Crippen LogP contribution in [0.1, 0.15) is 0 Å². The van der Waals surface area contributed by atoms with Gasteiger partial charge >= 0.3 is 15.6 Å². The summed E-state index contributed by atoms with van der Waals surface area (Å²) in [5.41, 5.74) is -5.45. The van der Waals surface area contributed by atoms with Crippen LogP contribution < -0.4 is 4.18 Å². The summed E-state index contributed by atoms with van der Waals surface area (Å²) >= 11 is 7.16. The van der Waals surface area contributed by atoms with E-state index in [2.05, 4.69) is 4.18 Å². The molecule has 0 fully saturated rings. The molecule has 0 bridgehead atoms. The van der Waals surface area contributed by atoms with Gasteiger partial charge < -0.3 is 4.18 Å². The minimum atomic E-state index is -5.63. The maximum atomic E-state index is 12.0. The molecule has 0 unspecified atom stereocenters. The van der Waals surface area contributed by atoms with Gasteiger partial charge in [-0.15, -0.1) is 0 Å². The third kappa shape index (κ3) is 3.14. The van der Waals surface area contributed by atoms with Crippen LogP contribution in [-0.2, 0) is 10.1 Å². The highest BCUT2D eigenvalue weighted by Gasteiger charge is 2.48. The molecule has 0 aliphatic carbocycles. The molecule has 90 valence electrons. The van der Waals surface area contributed by atoms with E-state index in [4.69, 9.17) is 11.6 Å². The molecule has 0 amide bonds. The fraction of sp³-hybridized carbons (Fsp3) is 0.143. The van der Waals surface area contributed by atoms with Crippen LogP contribution in [0.2, 0.25) is 5.02 Å². The zero-order valence-electron chi connectivity index (χ0n) is 7.25. The summed E-state index contributed by atoms with van der Waals surface area (Å²) in [4.78, 5) is 0. The molecule has 0 aromatic heterocycles. The fourth-order valence-electron chi connectivity index (χ4n) is 0.708. The zero-order valence-corrected chi connectivity index (χ0v) is 11.0. The molecule has 0 heterocycles. The van der Waals surface area contributed by atoms with Crippen molar-refractivity contribution < 1.29 is 25.8 Å². The van der Waals surface area contributed by atoms with E-state index in [1.54, 1.807) is 22.6 Å². The van der Waals surface area contributed by atoms with Gasteiger partial charge in [0.15, 0.2) is 5.75 Å². The molecule has 0 spiro atoms. The number of hydrogen-bond acceptors (Lipinski definition) is 3. The van der Waals surface area contributed by atoms with Gasteiger partial charge in [0.25, 0.3) is 0 Å². The lowest BCUT2D eigenvalue weighted by Gasteiger charge is -2.10. The largest absolute Gasteiger partial charge is 0.534 e. The molecule has 0 aliphatic rings. The van der Waals surface area contributed by atoms with E-state index in [9.17, 15) is 21.6 Å². The lowest BCUT2D eigenvalue weighted by atomic mass is 10.3. The molecule has 0 aliphatic heterocycles. The van der Waals surface area contributed by atoms with Crippen molar-refractivity contribution in [1.29, 1.82) is 0 Å². The Bertz CT molecular complexity index is 500. The fourth-order valence-corrected chi connectivity index (χ4v) is 2.32. The van der Waals surface area contributed by atoms with E-state index < -0.39 is 21.4 Å². The predicted molar refractivity (Wildman–Crippen MR) is 59.8 cm³/mol. The highest BCUT2D eigenvalue weighted by Crippen LogP contribution is 2.30.